The smallest absolute Gasteiger partial charge is 0.149 e. The van der Waals surface area contributed by atoms with Crippen LogP contribution in [0.25, 0.3) is 0 Å². The summed E-state index contributed by atoms with van der Waals surface area (Å²) in [6, 6.07) is 14.4. The summed E-state index contributed by atoms with van der Waals surface area (Å²) in [7, 11) is 0. The number of rotatable bonds is 4. The molecule has 0 bridgehead atoms. The lowest BCUT2D eigenvalue weighted by molar-refractivity contribution is 0.584. The molecule has 0 radical (unpaired) electrons. The first-order valence-electron chi connectivity index (χ1n) is 7.41. The number of benzene rings is 2. The molecule has 0 atom stereocenters. The molecular formula is C18H24F2N2. The second-order valence-corrected chi connectivity index (χ2v) is 5.59. The van der Waals surface area contributed by atoms with E-state index in [-0.39, 0.29) is 6.04 Å². The molecule has 0 saturated carbocycles. The van der Waals surface area contributed by atoms with Crippen molar-refractivity contribution in [2.24, 2.45) is 0 Å². The second-order valence-electron chi connectivity index (χ2n) is 5.59. The first-order valence-corrected chi connectivity index (χ1v) is 7.41. The molecule has 22 heavy (non-hydrogen) atoms. The van der Waals surface area contributed by atoms with Gasteiger partial charge in [-0.3, -0.25) is 0 Å². The minimum absolute atomic E-state index is 0.143. The van der Waals surface area contributed by atoms with Crippen LogP contribution in [-0.2, 0) is 0 Å². The van der Waals surface area contributed by atoms with E-state index in [1.165, 1.54) is 17.8 Å². The Hall–Kier alpha value is -2.10. The summed E-state index contributed by atoms with van der Waals surface area (Å²) in [5.74, 6) is -1.11. The van der Waals surface area contributed by atoms with Crippen molar-refractivity contribution in [2.45, 2.75) is 39.8 Å². The van der Waals surface area contributed by atoms with Crippen LogP contribution < -0.4 is 10.6 Å². The van der Waals surface area contributed by atoms with Crippen molar-refractivity contribution in [1.82, 2.24) is 0 Å². The number of nitrogens with one attached hydrogen (secondary N) is 2. The van der Waals surface area contributed by atoms with E-state index in [1.807, 2.05) is 32.0 Å². The molecule has 0 spiro atoms. The predicted octanol–water partition coefficient (Wildman–Crippen LogP) is 5.29. The molecule has 0 aliphatic carbocycles. The Morgan fingerprint density at radius 1 is 0.773 bits per heavy atom. The van der Waals surface area contributed by atoms with Gasteiger partial charge < -0.3 is 10.6 Å². The zero-order valence-electron chi connectivity index (χ0n) is 13.5. The van der Waals surface area contributed by atoms with Crippen LogP contribution in [0.1, 0.15) is 27.7 Å². The van der Waals surface area contributed by atoms with Crippen LogP contribution in [0, 0.1) is 11.6 Å². The summed E-state index contributed by atoms with van der Waals surface area (Å²) in [5, 5.41) is 6.16. The first-order chi connectivity index (χ1) is 10.4. The number of hydrogen-bond donors (Lipinski definition) is 2. The average Bonchev–Trinajstić information content (AvgIpc) is 2.43. The molecule has 0 aliphatic heterocycles. The van der Waals surface area contributed by atoms with E-state index < -0.39 is 11.6 Å². The van der Waals surface area contributed by atoms with Crippen LogP contribution in [0.2, 0.25) is 0 Å². The van der Waals surface area contributed by atoms with Gasteiger partial charge in [-0.1, -0.05) is 18.2 Å². The largest absolute Gasteiger partial charge is 0.383 e. The molecule has 0 fully saturated rings. The van der Waals surface area contributed by atoms with E-state index in [4.69, 9.17) is 0 Å². The molecule has 2 aromatic carbocycles. The van der Waals surface area contributed by atoms with E-state index >= 15 is 0 Å². The zero-order valence-corrected chi connectivity index (χ0v) is 13.5. The molecule has 0 heterocycles. The molecule has 0 saturated heterocycles. The van der Waals surface area contributed by atoms with E-state index in [9.17, 15) is 8.78 Å². The topological polar surface area (TPSA) is 24.1 Å². The quantitative estimate of drug-likeness (QED) is 0.801. The third kappa shape index (κ3) is 7.07. The van der Waals surface area contributed by atoms with Crippen LogP contribution >= 0.6 is 0 Å². The van der Waals surface area contributed by atoms with Gasteiger partial charge in [-0.2, -0.15) is 0 Å². The van der Waals surface area contributed by atoms with Crippen LogP contribution in [-0.4, -0.2) is 12.1 Å². The summed E-state index contributed by atoms with van der Waals surface area (Å²) in [6.07, 6.45) is 0. The van der Waals surface area contributed by atoms with Crippen molar-refractivity contribution >= 4 is 11.4 Å². The lowest BCUT2D eigenvalue weighted by Crippen LogP contribution is -2.10. The van der Waals surface area contributed by atoms with Gasteiger partial charge in [-0.25, -0.2) is 8.78 Å². The van der Waals surface area contributed by atoms with Gasteiger partial charge in [0.15, 0.2) is 0 Å². The van der Waals surface area contributed by atoms with Crippen LogP contribution in [0.4, 0.5) is 20.2 Å². The highest BCUT2D eigenvalue weighted by Gasteiger charge is 2.03. The molecule has 2 N–H and O–H groups in total. The molecule has 0 unspecified atom stereocenters. The highest BCUT2D eigenvalue weighted by molar-refractivity contribution is 5.45. The predicted molar refractivity (Wildman–Crippen MR) is 90.3 cm³/mol. The molecule has 120 valence electrons. The molecule has 2 nitrogen and oxygen atoms in total. The molecule has 0 aromatic heterocycles. The lowest BCUT2D eigenvalue weighted by Gasteiger charge is -2.10. The first kappa shape index (κ1) is 18.0. The maximum atomic E-state index is 12.9. The van der Waals surface area contributed by atoms with Gasteiger partial charge >= 0.3 is 0 Å². The Morgan fingerprint density at radius 2 is 1.36 bits per heavy atom. The summed E-state index contributed by atoms with van der Waals surface area (Å²) in [5.41, 5.74) is 1.53. The Balaban J connectivity index is 0.000000224. The zero-order chi connectivity index (χ0) is 16.5. The number of para-hydroxylation sites is 1. The van der Waals surface area contributed by atoms with E-state index in [2.05, 4.69) is 36.6 Å². The SMILES string of the molecule is CC(C)Nc1ccc(F)cc1F.CC(C)Nc1ccccc1. The van der Waals surface area contributed by atoms with Crippen LogP contribution in [0.15, 0.2) is 48.5 Å². The van der Waals surface area contributed by atoms with Gasteiger partial charge in [0.2, 0.25) is 0 Å². The number of halogens is 2. The Morgan fingerprint density at radius 3 is 1.86 bits per heavy atom. The van der Waals surface area contributed by atoms with Crippen molar-refractivity contribution < 1.29 is 8.78 Å². The Kier molecular flexibility index (Phi) is 7.37. The van der Waals surface area contributed by atoms with E-state index in [0.29, 0.717) is 11.7 Å². The Bertz CT molecular complexity index is 554. The Labute approximate surface area is 131 Å². The maximum Gasteiger partial charge on any atom is 0.149 e. The van der Waals surface area contributed by atoms with Crippen LogP contribution in [0.5, 0.6) is 0 Å². The van der Waals surface area contributed by atoms with Crippen molar-refractivity contribution in [3.63, 3.8) is 0 Å². The molecule has 0 aliphatic rings. The van der Waals surface area contributed by atoms with Crippen molar-refractivity contribution in [3.05, 3.63) is 60.2 Å². The van der Waals surface area contributed by atoms with Crippen LogP contribution in [0.3, 0.4) is 0 Å². The third-order valence-corrected chi connectivity index (χ3v) is 2.60. The number of anilines is 2. The van der Waals surface area contributed by atoms with E-state index in [1.54, 1.807) is 0 Å². The fourth-order valence-corrected chi connectivity index (χ4v) is 1.79. The molecule has 2 rings (SSSR count). The summed E-state index contributed by atoms with van der Waals surface area (Å²) in [4.78, 5) is 0. The lowest BCUT2D eigenvalue weighted by atomic mass is 10.2. The van der Waals surface area contributed by atoms with Gasteiger partial charge in [0.25, 0.3) is 0 Å². The third-order valence-electron chi connectivity index (χ3n) is 2.60. The summed E-state index contributed by atoms with van der Waals surface area (Å²) in [6.45, 7) is 8.05. The fourth-order valence-electron chi connectivity index (χ4n) is 1.79. The van der Waals surface area contributed by atoms with Gasteiger partial charge in [-0.15, -0.1) is 0 Å². The normalized spacial score (nSPS) is 10.2. The maximum absolute atomic E-state index is 12.9. The fraction of sp³-hybridized carbons (Fsp3) is 0.333. The highest BCUT2D eigenvalue weighted by Crippen LogP contribution is 2.15. The molecule has 4 heteroatoms. The molecule has 0 amide bonds. The highest BCUT2D eigenvalue weighted by atomic mass is 19.1. The molecule has 2 aromatic rings. The van der Waals surface area contributed by atoms with Crippen molar-refractivity contribution in [1.29, 1.82) is 0 Å². The van der Waals surface area contributed by atoms with E-state index in [0.717, 1.165) is 6.07 Å². The summed E-state index contributed by atoms with van der Waals surface area (Å²) < 4.78 is 25.3. The van der Waals surface area contributed by atoms with Crippen molar-refractivity contribution in [2.75, 3.05) is 10.6 Å². The van der Waals surface area contributed by atoms with Gasteiger partial charge in [0.1, 0.15) is 11.6 Å². The monoisotopic (exact) mass is 306 g/mol. The number of hydrogen-bond acceptors (Lipinski definition) is 2. The van der Waals surface area contributed by atoms with Gasteiger partial charge in [-0.05, 0) is 52.0 Å². The second kappa shape index (κ2) is 9.03. The molecular weight excluding hydrogens is 282 g/mol. The van der Waals surface area contributed by atoms with Gasteiger partial charge in [0.05, 0.1) is 5.69 Å². The summed E-state index contributed by atoms with van der Waals surface area (Å²) >= 11 is 0. The minimum Gasteiger partial charge on any atom is -0.383 e. The van der Waals surface area contributed by atoms with Gasteiger partial charge in [0, 0.05) is 23.8 Å². The standard InChI is InChI=1S/C9H11F2N.C9H13N/c1-6(2)12-9-4-3-7(10)5-8(9)11;1-8(2)10-9-6-4-3-5-7-9/h3-6,12H,1-2H3;3-8,10H,1-2H3. The average molecular weight is 306 g/mol. The minimum atomic E-state index is -0.554. The van der Waals surface area contributed by atoms with Crippen molar-refractivity contribution in [3.8, 4) is 0 Å².